The van der Waals surface area contributed by atoms with Gasteiger partial charge in [0, 0.05) is 24.9 Å². The molecule has 0 radical (unpaired) electrons. The predicted octanol–water partition coefficient (Wildman–Crippen LogP) is 1.38. The fraction of sp³-hybridized carbons (Fsp3) is 0.800. The smallest absolute Gasteiger partial charge is 0.223 e. The third-order valence-corrected chi connectivity index (χ3v) is 3.38. The van der Waals surface area contributed by atoms with Gasteiger partial charge in [-0.25, -0.2) is 0 Å². The Morgan fingerprint density at radius 3 is 2.57 bits per heavy atom. The number of hydrogen-bond donors (Lipinski definition) is 1. The molecule has 0 saturated carbocycles. The molecule has 14 heavy (non-hydrogen) atoms. The fourth-order valence-corrected chi connectivity index (χ4v) is 2.75. The minimum absolute atomic E-state index is 0.520. The van der Waals surface area contributed by atoms with E-state index < -0.39 is 0 Å². The molecule has 2 unspecified atom stereocenters. The van der Waals surface area contributed by atoms with Crippen LogP contribution in [-0.2, 0) is 0 Å². The summed E-state index contributed by atoms with van der Waals surface area (Å²) in [5.41, 5.74) is 0. The molecular weight excluding hydrogens is 178 g/mol. The molecule has 2 aliphatic rings. The van der Waals surface area contributed by atoms with Gasteiger partial charge in [-0.2, -0.15) is 4.98 Å². The average Bonchev–Trinajstić information content (AvgIpc) is 2.73. The Balaban J connectivity index is 1.80. The lowest BCUT2D eigenvalue weighted by Crippen LogP contribution is -2.37. The molecule has 0 aromatic carbocycles. The number of aryl methyl sites for hydroxylation is 1. The van der Waals surface area contributed by atoms with Gasteiger partial charge in [0.05, 0.1) is 0 Å². The fourth-order valence-electron chi connectivity index (χ4n) is 2.75. The molecule has 3 heterocycles. The van der Waals surface area contributed by atoms with Gasteiger partial charge in [-0.05, 0) is 25.7 Å². The van der Waals surface area contributed by atoms with E-state index in [2.05, 4.69) is 15.5 Å². The van der Waals surface area contributed by atoms with E-state index in [0.717, 1.165) is 5.82 Å². The third-order valence-electron chi connectivity index (χ3n) is 3.38. The van der Waals surface area contributed by atoms with Crippen LogP contribution < -0.4 is 5.32 Å². The van der Waals surface area contributed by atoms with Crippen LogP contribution in [0.25, 0.3) is 0 Å². The lowest BCUT2D eigenvalue weighted by molar-refractivity contribution is 0.335. The lowest BCUT2D eigenvalue weighted by Gasteiger charge is -2.26. The van der Waals surface area contributed by atoms with Gasteiger partial charge in [-0.15, -0.1) is 0 Å². The van der Waals surface area contributed by atoms with Crippen molar-refractivity contribution in [2.45, 2.75) is 50.6 Å². The summed E-state index contributed by atoms with van der Waals surface area (Å²) in [5.74, 6) is 2.12. The van der Waals surface area contributed by atoms with Crippen molar-refractivity contribution in [3.8, 4) is 0 Å². The van der Waals surface area contributed by atoms with E-state index >= 15 is 0 Å². The van der Waals surface area contributed by atoms with Crippen LogP contribution in [0.4, 0.5) is 0 Å². The van der Waals surface area contributed by atoms with Crippen LogP contribution in [0.3, 0.4) is 0 Å². The summed E-state index contributed by atoms with van der Waals surface area (Å²) in [7, 11) is 0. The van der Waals surface area contributed by atoms with Crippen LogP contribution in [0.5, 0.6) is 0 Å². The summed E-state index contributed by atoms with van der Waals surface area (Å²) in [4.78, 5) is 4.33. The normalized spacial score (nSPS) is 36.2. The van der Waals surface area contributed by atoms with Crippen LogP contribution in [0.15, 0.2) is 4.52 Å². The first-order valence-electron chi connectivity index (χ1n) is 5.37. The molecule has 4 nitrogen and oxygen atoms in total. The summed E-state index contributed by atoms with van der Waals surface area (Å²) >= 11 is 0. The van der Waals surface area contributed by atoms with Gasteiger partial charge >= 0.3 is 0 Å². The van der Waals surface area contributed by atoms with Crippen LogP contribution in [-0.4, -0.2) is 22.2 Å². The Kier molecular flexibility index (Phi) is 1.83. The van der Waals surface area contributed by atoms with Gasteiger partial charge in [0.25, 0.3) is 0 Å². The first-order chi connectivity index (χ1) is 6.81. The zero-order valence-corrected chi connectivity index (χ0v) is 8.36. The first kappa shape index (κ1) is 8.41. The van der Waals surface area contributed by atoms with Crippen molar-refractivity contribution in [2.75, 3.05) is 0 Å². The summed E-state index contributed by atoms with van der Waals surface area (Å²) in [6, 6.07) is 1.38. The molecule has 0 amide bonds. The van der Waals surface area contributed by atoms with E-state index in [1.165, 1.54) is 25.7 Å². The average molecular weight is 193 g/mol. The van der Waals surface area contributed by atoms with Crippen LogP contribution in [0, 0.1) is 6.92 Å². The number of fused-ring (bicyclic) bond motifs is 2. The predicted molar refractivity (Wildman–Crippen MR) is 51.0 cm³/mol. The second-order valence-corrected chi connectivity index (χ2v) is 4.48. The highest BCUT2D eigenvalue weighted by Gasteiger charge is 2.35. The van der Waals surface area contributed by atoms with E-state index in [4.69, 9.17) is 4.52 Å². The number of piperidine rings is 1. The zero-order valence-electron chi connectivity index (χ0n) is 8.36. The Morgan fingerprint density at radius 1 is 1.29 bits per heavy atom. The number of nitrogens with one attached hydrogen (secondary N) is 1. The van der Waals surface area contributed by atoms with Gasteiger partial charge in [0.15, 0.2) is 5.82 Å². The zero-order chi connectivity index (χ0) is 9.54. The number of rotatable bonds is 1. The molecule has 4 heteroatoms. The monoisotopic (exact) mass is 193 g/mol. The van der Waals surface area contributed by atoms with E-state index in [1.807, 2.05) is 6.92 Å². The van der Waals surface area contributed by atoms with Crippen molar-refractivity contribution >= 4 is 0 Å². The van der Waals surface area contributed by atoms with Crippen LogP contribution in [0.2, 0.25) is 0 Å². The topological polar surface area (TPSA) is 51.0 Å². The van der Waals surface area contributed by atoms with Gasteiger partial charge in [0.1, 0.15) is 0 Å². The molecule has 2 aliphatic heterocycles. The molecule has 1 N–H and O–H groups in total. The minimum atomic E-state index is 0.520. The van der Waals surface area contributed by atoms with Crippen molar-refractivity contribution in [3.63, 3.8) is 0 Å². The number of hydrogen-bond acceptors (Lipinski definition) is 4. The molecule has 2 atom stereocenters. The first-order valence-corrected chi connectivity index (χ1v) is 5.37. The Bertz CT molecular complexity index is 324. The Morgan fingerprint density at radius 2 is 2.00 bits per heavy atom. The maximum Gasteiger partial charge on any atom is 0.223 e. The quantitative estimate of drug-likeness (QED) is 0.732. The molecule has 76 valence electrons. The van der Waals surface area contributed by atoms with Crippen molar-refractivity contribution < 1.29 is 4.52 Å². The molecule has 2 bridgehead atoms. The highest BCUT2D eigenvalue weighted by molar-refractivity contribution is 5.04. The summed E-state index contributed by atoms with van der Waals surface area (Å²) in [5, 5.41) is 7.63. The van der Waals surface area contributed by atoms with Gasteiger partial charge in [-0.3, -0.25) is 0 Å². The van der Waals surface area contributed by atoms with E-state index in [0.29, 0.717) is 23.9 Å². The second-order valence-electron chi connectivity index (χ2n) is 4.48. The summed E-state index contributed by atoms with van der Waals surface area (Å²) < 4.78 is 5.03. The van der Waals surface area contributed by atoms with E-state index in [-0.39, 0.29) is 0 Å². The molecule has 3 rings (SSSR count). The van der Waals surface area contributed by atoms with Crippen molar-refractivity contribution in [2.24, 2.45) is 0 Å². The maximum absolute atomic E-state index is 5.03. The SMILES string of the molecule is Cc1nc(C2CC3CCC(C2)N3)no1. The van der Waals surface area contributed by atoms with Crippen molar-refractivity contribution in [3.05, 3.63) is 11.7 Å². The van der Waals surface area contributed by atoms with Crippen molar-refractivity contribution in [1.82, 2.24) is 15.5 Å². The minimum Gasteiger partial charge on any atom is -0.340 e. The van der Waals surface area contributed by atoms with Crippen molar-refractivity contribution in [1.29, 1.82) is 0 Å². The highest BCUT2D eigenvalue weighted by atomic mass is 16.5. The van der Waals surface area contributed by atoms with Gasteiger partial charge in [0.2, 0.25) is 5.89 Å². The summed E-state index contributed by atoms with van der Waals surface area (Å²) in [6.45, 7) is 1.85. The Labute approximate surface area is 83.1 Å². The highest BCUT2D eigenvalue weighted by Crippen LogP contribution is 2.35. The van der Waals surface area contributed by atoms with Gasteiger partial charge in [-0.1, -0.05) is 5.16 Å². The van der Waals surface area contributed by atoms with Gasteiger partial charge < -0.3 is 9.84 Å². The van der Waals surface area contributed by atoms with Crippen LogP contribution in [0.1, 0.15) is 43.3 Å². The van der Waals surface area contributed by atoms with E-state index in [1.54, 1.807) is 0 Å². The molecule has 1 aromatic heterocycles. The molecule has 1 aromatic rings. The molecule has 0 spiro atoms. The molecule has 0 aliphatic carbocycles. The Hall–Kier alpha value is -0.900. The maximum atomic E-state index is 5.03. The number of aromatic nitrogens is 2. The molecular formula is C10H15N3O. The van der Waals surface area contributed by atoms with E-state index in [9.17, 15) is 0 Å². The molecule has 2 fully saturated rings. The molecule has 2 saturated heterocycles. The van der Waals surface area contributed by atoms with Crippen LogP contribution >= 0.6 is 0 Å². The lowest BCUT2D eigenvalue weighted by atomic mass is 9.92. The number of nitrogens with zero attached hydrogens (tertiary/aromatic N) is 2. The second kappa shape index (κ2) is 3.05. The largest absolute Gasteiger partial charge is 0.340 e. The third kappa shape index (κ3) is 1.34. The summed E-state index contributed by atoms with van der Waals surface area (Å²) in [6.07, 6.45) is 4.99. The standard InChI is InChI=1S/C10H15N3O/c1-6-11-10(13-14-6)7-4-8-2-3-9(5-7)12-8/h7-9,12H,2-5H2,1H3.